The number of hydrogen-bond acceptors (Lipinski definition) is 8. The molecule has 0 spiro atoms. The first-order valence-corrected chi connectivity index (χ1v) is 8.82. The van der Waals surface area contributed by atoms with Crippen molar-refractivity contribution in [2.45, 2.75) is 19.4 Å². The molecule has 0 N–H and O–H groups in total. The standard InChI is InChI=1S/C21H22N2O6/c1-14(24)29-13-19(12-15-4-6-16(7-5-15)20(25)27-2)23-22-18-10-8-17(9-11-18)21(26)28-3/h4-11,19H,12-13H2,1-3H3. The number of carbonyl (C=O) groups is 3. The van der Waals surface area contributed by atoms with Gasteiger partial charge in [-0.3, -0.25) is 4.79 Å². The van der Waals surface area contributed by atoms with E-state index in [1.807, 2.05) is 0 Å². The molecule has 0 amide bonds. The molecule has 0 heterocycles. The second kappa shape index (κ2) is 10.7. The second-order valence-corrected chi connectivity index (χ2v) is 6.10. The lowest BCUT2D eigenvalue weighted by molar-refractivity contribution is -0.141. The van der Waals surface area contributed by atoms with Gasteiger partial charge in [-0.1, -0.05) is 12.1 Å². The smallest absolute Gasteiger partial charge is 0.337 e. The topological polar surface area (TPSA) is 104 Å². The Labute approximate surface area is 168 Å². The minimum Gasteiger partial charge on any atom is -0.465 e. The maximum Gasteiger partial charge on any atom is 0.337 e. The van der Waals surface area contributed by atoms with Crippen molar-refractivity contribution in [3.8, 4) is 0 Å². The lowest BCUT2D eigenvalue weighted by atomic mass is 10.1. The second-order valence-electron chi connectivity index (χ2n) is 6.10. The summed E-state index contributed by atoms with van der Waals surface area (Å²) in [5, 5.41) is 8.44. The molecular weight excluding hydrogens is 376 g/mol. The lowest BCUT2D eigenvalue weighted by Crippen LogP contribution is -2.18. The van der Waals surface area contributed by atoms with Crippen LogP contribution in [0, 0.1) is 0 Å². The van der Waals surface area contributed by atoms with Crippen molar-refractivity contribution in [1.82, 2.24) is 0 Å². The number of rotatable bonds is 8. The summed E-state index contributed by atoms with van der Waals surface area (Å²) in [4.78, 5) is 34.2. The third-order valence-electron chi connectivity index (χ3n) is 3.95. The van der Waals surface area contributed by atoms with Crippen LogP contribution in [0.15, 0.2) is 58.8 Å². The molecule has 2 aromatic rings. The highest BCUT2D eigenvalue weighted by Crippen LogP contribution is 2.17. The van der Waals surface area contributed by atoms with E-state index in [-0.39, 0.29) is 6.61 Å². The molecule has 152 valence electrons. The third kappa shape index (κ3) is 6.84. The van der Waals surface area contributed by atoms with Gasteiger partial charge in [0.05, 0.1) is 31.0 Å². The molecule has 0 aliphatic rings. The number of azo groups is 1. The fourth-order valence-corrected chi connectivity index (χ4v) is 2.44. The van der Waals surface area contributed by atoms with Gasteiger partial charge in [0.2, 0.25) is 0 Å². The van der Waals surface area contributed by atoms with Crippen LogP contribution < -0.4 is 0 Å². The Hall–Kier alpha value is -3.55. The molecule has 2 aromatic carbocycles. The van der Waals surface area contributed by atoms with Crippen molar-refractivity contribution in [3.63, 3.8) is 0 Å². The van der Waals surface area contributed by atoms with Gasteiger partial charge in [0, 0.05) is 6.92 Å². The summed E-state index contributed by atoms with van der Waals surface area (Å²) in [5.41, 5.74) is 2.30. The highest BCUT2D eigenvalue weighted by Gasteiger charge is 2.12. The normalized spacial score (nSPS) is 11.7. The van der Waals surface area contributed by atoms with E-state index >= 15 is 0 Å². The molecule has 8 nitrogen and oxygen atoms in total. The number of ether oxygens (including phenoxy) is 3. The summed E-state index contributed by atoms with van der Waals surface area (Å²) in [5.74, 6) is -1.26. The van der Waals surface area contributed by atoms with Crippen LogP contribution in [-0.2, 0) is 25.4 Å². The van der Waals surface area contributed by atoms with Crippen LogP contribution in [0.1, 0.15) is 33.2 Å². The molecule has 1 unspecified atom stereocenters. The Morgan fingerprint density at radius 2 is 1.38 bits per heavy atom. The summed E-state index contributed by atoms with van der Waals surface area (Å²) in [7, 11) is 2.64. The van der Waals surface area contributed by atoms with Crippen molar-refractivity contribution in [3.05, 3.63) is 65.2 Å². The molecular formula is C21H22N2O6. The third-order valence-corrected chi connectivity index (χ3v) is 3.95. The Bertz CT molecular complexity index is 875. The summed E-state index contributed by atoms with van der Waals surface area (Å²) in [6.45, 7) is 1.39. The number of esters is 3. The molecule has 0 bridgehead atoms. The zero-order valence-corrected chi connectivity index (χ0v) is 16.5. The quantitative estimate of drug-likeness (QED) is 0.383. The van der Waals surface area contributed by atoms with Crippen molar-refractivity contribution in [1.29, 1.82) is 0 Å². The monoisotopic (exact) mass is 398 g/mol. The zero-order valence-electron chi connectivity index (χ0n) is 16.5. The molecule has 0 aromatic heterocycles. The molecule has 0 saturated carbocycles. The van der Waals surface area contributed by atoms with E-state index in [1.165, 1.54) is 21.1 Å². The van der Waals surface area contributed by atoms with Crippen LogP contribution in [0.4, 0.5) is 5.69 Å². The van der Waals surface area contributed by atoms with Gasteiger partial charge in [-0.15, -0.1) is 0 Å². The van der Waals surface area contributed by atoms with Gasteiger partial charge in [0.25, 0.3) is 0 Å². The van der Waals surface area contributed by atoms with Crippen molar-refractivity contribution < 1.29 is 28.6 Å². The van der Waals surface area contributed by atoms with Gasteiger partial charge < -0.3 is 14.2 Å². The molecule has 29 heavy (non-hydrogen) atoms. The highest BCUT2D eigenvalue weighted by atomic mass is 16.5. The number of carbonyl (C=O) groups excluding carboxylic acids is 3. The van der Waals surface area contributed by atoms with Crippen LogP contribution in [0.2, 0.25) is 0 Å². The molecule has 0 radical (unpaired) electrons. The SMILES string of the molecule is COC(=O)c1ccc(CC(COC(C)=O)N=Nc2ccc(C(=O)OC)cc2)cc1. The van der Waals surface area contributed by atoms with Crippen LogP contribution in [0.3, 0.4) is 0 Å². The highest BCUT2D eigenvalue weighted by molar-refractivity contribution is 5.89. The van der Waals surface area contributed by atoms with E-state index in [1.54, 1.807) is 48.5 Å². The van der Waals surface area contributed by atoms with Gasteiger partial charge in [-0.2, -0.15) is 10.2 Å². The summed E-state index contributed by atoms with van der Waals surface area (Å²) >= 11 is 0. The molecule has 0 fully saturated rings. The maximum atomic E-state index is 11.5. The largest absolute Gasteiger partial charge is 0.465 e. The van der Waals surface area contributed by atoms with Crippen LogP contribution in [-0.4, -0.2) is 44.8 Å². The maximum absolute atomic E-state index is 11.5. The fraction of sp³-hybridized carbons (Fsp3) is 0.286. The minimum absolute atomic E-state index is 0.0673. The molecule has 2 rings (SSSR count). The zero-order chi connectivity index (χ0) is 21.2. The predicted octanol–water partition coefficient (Wildman–Crippen LogP) is 3.52. The van der Waals surface area contributed by atoms with E-state index < -0.39 is 23.9 Å². The molecule has 8 heteroatoms. The number of methoxy groups -OCH3 is 2. The van der Waals surface area contributed by atoms with Gasteiger partial charge in [0.1, 0.15) is 12.6 Å². The number of hydrogen-bond donors (Lipinski definition) is 0. The Kier molecular flexibility index (Phi) is 8.02. The van der Waals surface area contributed by atoms with E-state index in [0.717, 1.165) is 5.56 Å². The van der Waals surface area contributed by atoms with E-state index in [2.05, 4.69) is 19.7 Å². The number of nitrogens with zero attached hydrogens (tertiary/aromatic N) is 2. The Morgan fingerprint density at radius 3 is 1.86 bits per heavy atom. The fourth-order valence-electron chi connectivity index (χ4n) is 2.44. The molecule has 0 aliphatic carbocycles. The van der Waals surface area contributed by atoms with E-state index in [0.29, 0.717) is 23.2 Å². The average molecular weight is 398 g/mol. The van der Waals surface area contributed by atoms with Gasteiger partial charge >= 0.3 is 17.9 Å². The molecule has 0 aliphatic heterocycles. The van der Waals surface area contributed by atoms with E-state index in [9.17, 15) is 14.4 Å². The van der Waals surface area contributed by atoms with Crippen LogP contribution >= 0.6 is 0 Å². The van der Waals surface area contributed by atoms with Gasteiger partial charge in [-0.05, 0) is 48.4 Å². The minimum atomic E-state index is -0.434. The van der Waals surface area contributed by atoms with E-state index in [4.69, 9.17) is 4.74 Å². The summed E-state index contributed by atoms with van der Waals surface area (Å²) < 4.78 is 14.4. The van der Waals surface area contributed by atoms with Crippen molar-refractivity contribution >= 4 is 23.6 Å². The van der Waals surface area contributed by atoms with Crippen LogP contribution in [0.5, 0.6) is 0 Å². The summed E-state index contributed by atoms with van der Waals surface area (Å²) in [6.07, 6.45) is 0.457. The molecule has 0 saturated heterocycles. The first-order chi connectivity index (χ1) is 13.9. The van der Waals surface area contributed by atoms with Crippen molar-refractivity contribution in [2.24, 2.45) is 10.2 Å². The van der Waals surface area contributed by atoms with Crippen LogP contribution in [0.25, 0.3) is 0 Å². The summed E-state index contributed by atoms with van der Waals surface area (Å²) in [6, 6.07) is 12.9. The Balaban J connectivity index is 2.10. The van der Waals surface area contributed by atoms with Gasteiger partial charge in [0.15, 0.2) is 0 Å². The Morgan fingerprint density at radius 1 is 0.862 bits per heavy atom. The van der Waals surface area contributed by atoms with Crippen molar-refractivity contribution in [2.75, 3.05) is 20.8 Å². The average Bonchev–Trinajstić information content (AvgIpc) is 2.75. The lowest BCUT2D eigenvalue weighted by Gasteiger charge is -2.12. The van der Waals surface area contributed by atoms with Gasteiger partial charge in [-0.25, -0.2) is 9.59 Å². The number of benzene rings is 2. The first kappa shape index (κ1) is 21.7. The molecule has 1 atom stereocenters. The first-order valence-electron chi connectivity index (χ1n) is 8.82. The predicted molar refractivity (Wildman–Crippen MR) is 104 cm³/mol.